The van der Waals surface area contributed by atoms with E-state index in [9.17, 15) is 39.9 Å². The summed E-state index contributed by atoms with van der Waals surface area (Å²) in [6.07, 6.45) is -3.67. The Balaban J connectivity index is 1.48. The average molecular weight is 635 g/mol. The van der Waals surface area contributed by atoms with Crippen LogP contribution in [-0.4, -0.2) is 97.9 Å². The zero-order valence-electron chi connectivity index (χ0n) is 25.9. The predicted molar refractivity (Wildman–Crippen MR) is 151 cm³/mol. The van der Waals surface area contributed by atoms with Gasteiger partial charge in [-0.15, -0.1) is 0 Å². The van der Waals surface area contributed by atoms with E-state index in [0.717, 1.165) is 0 Å². The van der Waals surface area contributed by atoms with Crippen molar-refractivity contribution in [1.82, 2.24) is 0 Å². The Kier molecular flexibility index (Phi) is 7.48. The number of esters is 1. The number of carboxylic acids is 1. The second-order valence-electron chi connectivity index (χ2n) is 14.5. The summed E-state index contributed by atoms with van der Waals surface area (Å²) in [5.41, 5.74) is -5.57. The van der Waals surface area contributed by atoms with E-state index in [0.29, 0.717) is 12.0 Å². The summed E-state index contributed by atoms with van der Waals surface area (Å²) < 4.78 is 29.5. The van der Waals surface area contributed by atoms with E-state index >= 15 is 0 Å². The fourth-order valence-electron chi connectivity index (χ4n) is 9.67. The highest BCUT2D eigenvalue weighted by atomic mass is 16.7. The lowest BCUT2D eigenvalue weighted by atomic mass is 9.38. The Morgan fingerprint density at radius 2 is 1.78 bits per heavy atom. The largest absolute Gasteiger partial charge is 0.479 e. The van der Waals surface area contributed by atoms with Crippen LogP contribution in [0.3, 0.4) is 0 Å². The zero-order chi connectivity index (χ0) is 32.9. The quantitative estimate of drug-likeness (QED) is 0.221. The van der Waals surface area contributed by atoms with Gasteiger partial charge in [0.2, 0.25) is 0 Å². The standard InChI is InChI=1S/C32H42O13/c1-28(2)18-12-19(34)31(5)17(29(18,3)9-7-20(35)44-28)6-10-30(4,32(31)25(45-32)26(39)40)24(15-8-11-41-14-15)43-27-23(38)22(37)21(36)16(13-33)42-27/h7-9,11,14,16-18,21-25,27,33,36-38H,6,10,12-13H2,1-5H3,(H,39,40)/t16-,17-,18+,21-,22+,23-,24+,25-,27-,29-,30+,31+,32-/m1/s1. The van der Waals surface area contributed by atoms with Crippen LogP contribution in [0.4, 0.5) is 0 Å². The number of fused-ring (bicyclic) bond motifs is 4. The molecule has 0 radical (unpaired) electrons. The van der Waals surface area contributed by atoms with Gasteiger partial charge in [0.15, 0.2) is 12.4 Å². The molecule has 2 saturated heterocycles. The molecule has 248 valence electrons. The normalized spacial score (nSPS) is 47.8. The van der Waals surface area contributed by atoms with Crippen LogP contribution in [-0.2, 0) is 33.3 Å². The number of hydrogen-bond donors (Lipinski definition) is 5. The molecule has 1 spiro atoms. The van der Waals surface area contributed by atoms with Crippen molar-refractivity contribution in [2.24, 2.45) is 28.1 Å². The predicted octanol–water partition coefficient (Wildman–Crippen LogP) is 1.27. The molecule has 5 N–H and O–H groups in total. The molecule has 13 atom stereocenters. The van der Waals surface area contributed by atoms with Gasteiger partial charge in [-0.1, -0.05) is 19.9 Å². The number of carbonyl (C=O) groups excluding carboxylic acids is 2. The van der Waals surface area contributed by atoms with Crippen LogP contribution >= 0.6 is 0 Å². The maximum atomic E-state index is 14.6. The van der Waals surface area contributed by atoms with Crippen molar-refractivity contribution in [2.75, 3.05) is 6.61 Å². The molecular weight excluding hydrogens is 592 g/mol. The minimum absolute atomic E-state index is 0.00555. The summed E-state index contributed by atoms with van der Waals surface area (Å²) in [6, 6.07) is 1.61. The van der Waals surface area contributed by atoms with Crippen LogP contribution in [0.25, 0.3) is 0 Å². The molecule has 4 heterocycles. The molecule has 0 aromatic carbocycles. The molecule has 2 saturated carbocycles. The summed E-state index contributed by atoms with van der Waals surface area (Å²) in [7, 11) is 0. The molecule has 13 nitrogen and oxygen atoms in total. The number of carboxylic acid groups (broad SMARTS) is 1. The molecule has 6 rings (SSSR count). The van der Waals surface area contributed by atoms with Crippen molar-refractivity contribution in [3.63, 3.8) is 0 Å². The maximum absolute atomic E-state index is 14.6. The van der Waals surface area contributed by atoms with Gasteiger partial charge < -0.3 is 48.9 Å². The third kappa shape index (κ3) is 4.28. The first kappa shape index (κ1) is 32.3. The van der Waals surface area contributed by atoms with Gasteiger partial charge in [0, 0.05) is 29.4 Å². The van der Waals surface area contributed by atoms with E-state index in [1.54, 1.807) is 39.8 Å². The number of aliphatic hydroxyl groups excluding tert-OH is 4. The molecule has 0 unspecified atom stereocenters. The van der Waals surface area contributed by atoms with E-state index < -0.39 is 101 Å². The van der Waals surface area contributed by atoms with Crippen LogP contribution in [0, 0.1) is 28.1 Å². The fourth-order valence-corrected chi connectivity index (χ4v) is 9.67. The highest BCUT2D eigenvalue weighted by molar-refractivity contribution is 5.92. The minimum atomic E-state index is -1.73. The molecular formula is C32H42O13. The number of epoxide rings is 1. The number of aliphatic hydroxyl groups is 4. The second kappa shape index (κ2) is 10.4. The highest BCUT2D eigenvalue weighted by Crippen LogP contribution is 2.77. The minimum Gasteiger partial charge on any atom is -0.479 e. The number of aliphatic carboxylic acids is 1. The lowest BCUT2D eigenvalue weighted by molar-refractivity contribution is -0.328. The first-order chi connectivity index (χ1) is 21.0. The summed E-state index contributed by atoms with van der Waals surface area (Å²) in [5, 5.41) is 51.9. The Labute approximate surface area is 260 Å². The van der Waals surface area contributed by atoms with Crippen molar-refractivity contribution >= 4 is 17.7 Å². The van der Waals surface area contributed by atoms with E-state index in [1.165, 1.54) is 18.6 Å². The summed E-state index contributed by atoms with van der Waals surface area (Å²) in [6.45, 7) is 8.42. The molecule has 5 aliphatic rings. The summed E-state index contributed by atoms with van der Waals surface area (Å²) in [4.78, 5) is 40.0. The van der Waals surface area contributed by atoms with Gasteiger partial charge in [-0.25, -0.2) is 9.59 Å². The van der Waals surface area contributed by atoms with Crippen LogP contribution in [0.5, 0.6) is 0 Å². The molecule has 0 bridgehead atoms. The Hall–Kier alpha value is -2.65. The van der Waals surface area contributed by atoms with Gasteiger partial charge >= 0.3 is 11.9 Å². The number of ether oxygens (including phenoxy) is 4. The number of rotatable bonds is 6. The van der Waals surface area contributed by atoms with Crippen LogP contribution in [0.2, 0.25) is 0 Å². The van der Waals surface area contributed by atoms with Crippen LogP contribution in [0.15, 0.2) is 35.2 Å². The first-order valence-electron chi connectivity index (χ1n) is 15.3. The van der Waals surface area contributed by atoms with Gasteiger partial charge in [0.05, 0.1) is 30.7 Å². The number of allylic oxidation sites excluding steroid dienone is 1. The number of hydrogen-bond acceptors (Lipinski definition) is 12. The number of ketones is 1. The van der Waals surface area contributed by atoms with Crippen molar-refractivity contribution in [1.29, 1.82) is 0 Å². The van der Waals surface area contributed by atoms with E-state index in [4.69, 9.17) is 23.4 Å². The van der Waals surface area contributed by atoms with E-state index in [2.05, 4.69) is 0 Å². The van der Waals surface area contributed by atoms with Crippen molar-refractivity contribution in [2.45, 2.75) is 108 Å². The van der Waals surface area contributed by atoms with Crippen molar-refractivity contribution < 1.29 is 63.3 Å². The lowest BCUT2D eigenvalue weighted by Gasteiger charge is -2.64. The zero-order valence-corrected chi connectivity index (χ0v) is 25.9. The molecule has 4 fully saturated rings. The van der Waals surface area contributed by atoms with Gasteiger partial charge in [0.25, 0.3) is 0 Å². The number of furan rings is 1. The molecule has 0 amide bonds. The number of cyclic esters (lactones) is 1. The van der Waals surface area contributed by atoms with Gasteiger partial charge in [-0.3, -0.25) is 4.79 Å². The Morgan fingerprint density at radius 1 is 1.07 bits per heavy atom. The summed E-state index contributed by atoms with van der Waals surface area (Å²) >= 11 is 0. The van der Waals surface area contributed by atoms with Crippen molar-refractivity contribution in [3.05, 3.63) is 36.3 Å². The third-order valence-electron chi connectivity index (χ3n) is 11.9. The van der Waals surface area contributed by atoms with E-state index in [-0.39, 0.29) is 18.6 Å². The van der Waals surface area contributed by atoms with Gasteiger partial charge in [0.1, 0.15) is 41.4 Å². The molecule has 1 aromatic rings. The topological polar surface area (TPSA) is 206 Å². The monoisotopic (exact) mass is 634 g/mol. The molecule has 45 heavy (non-hydrogen) atoms. The first-order valence-corrected chi connectivity index (χ1v) is 15.3. The molecule has 1 aromatic heterocycles. The Bertz CT molecular complexity index is 1390. The van der Waals surface area contributed by atoms with Crippen LogP contribution < -0.4 is 0 Å². The maximum Gasteiger partial charge on any atom is 0.335 e. The fraction of sp³-hybridized carbons (Fsp3) is 0.719. The summed E-state index contributed by atoms with van der Waals surface area (Å²) in [5.74, 6) is -2.84. The SMILES string of the molecule is CC1(C)OC(=O)C=C[C@]2(C)[C@H]3CC[C@@](C)([C@@H](O[C@H]4O[C@H](CO)[C@@H](O)[C@H](O)[C@H]4O)c4ccoc4)[C@@]4(O[C@@H]4C(=O)O)[C@]3(C)C(=O)C[C@@H]12. The van der Waals surface area contributed by atoms with Gasteiger partial charge in [-0.05, 0) is 51.0 Å². The Morgan fingerprint density at radius 3 is 2.38 bits per heavy atom. The lowest BCUT2D eigenvalue weighted by Crippen LogP contribution is -2.70. The molecule has 3 aliphatic heterocycles. The number of Topliss-reactive ketones (excluding diaryl/α,β-unsaturated/α-hetero) is 1. The second-order valence-corrected chi connectivity index (χ2v) is 14.5. The third-order valence-corrected chi connectivity index (χ3v) is 11.9. The smallest absolute Gasteiger partial charge is 0.335 e. The molecule has 13 heteroatoms. The van der Waals surface area contributed by atoms with Crippen molar-refractivity contribution in [3.8, 4) is 0 Å². The van der Waals surface area contributed by atoms with Crippen LogP contribution in [0.1, 0.15) is 65.5 Å². The molecule has 2 aliphatic carbocycles. The highest BCUT2D eigenvalue weighted by Gasteiger charge is 2.86. The van der Waals surface area contributed by atoms with Gasteiger partial charge in [-0.2, -0.15) is 0 Å². The average Bonchev–Trinajstić information content (AvgIpc) is 3.56. The van der Waals surface area contributed by atoms with E-state index in [1.807, 2.05) is 6.92 Å². The number of carbonyl (C=O) groups is 3.